The number of rotatable bonds is 7. The van der Waals surface area contributed by atoms with Crippen molar-refractivity contribution in [1.29, 1.82) is 0 Å². The van der Waals surface area contributed by atoms with Crippen LogP contribution in [-0.2, 0) is 23.2 Å². The highest BCUT2D eigenvalue weighted by molar-refractivity contribution is 5.83. The number of unbranched alkanes of at least 4 members (excludes halogenated alkanes) is 1. The molecule has 1 aromatic rings. The first kappa shape index (κ1) is 16.7. The number of amides is 1. The Balaban J connectivity index is 2.77. The fraction of sp³-hybridized carbons (Fsp3) is 0.538. The smallest absolute Gasteiger partial charge is 0.331 e. The minimum absolute atomic E-state index is 0.330. The maximum atomic E-state index is 11.8. The molecule has 0 aliphatic rings. The SMILES string of the molecule is CCCCC(NC(=O)Cn1ccc(=O)n(C)c1=O)C(=O)O. The predicted octanol–water partition coefficient (Wildman–Crippen LogP) is -0.693. The van der Waals surface area contributed by atoms with Gasteiger partial charge in [0, 0.05) is 19.3 Å². The minimum atomic E-state index is -1.11. The van der Waals surface area contributed by atoms with Crippen molar-refractivity contribution < 1.29 is 14.7 Å². The predicted molar refractivity (Wildman–Crippen MR) is 75.0 cm³/mol. The molecule has 8 heteroatoms. The molecule has 0 bridgehead atoms. The molecule has 1 atom stereocenters. The van der Waals surface area contributed by atoms with E-state index in [2.05, 4.69) is 5.32 Å². The molecule has 0 spiro atoms. The number of hydrogen-bond acceptors (Lipinski definition) is 4. The van der Waals surface area contributed by atoms with E-state index in [0.29, 0.717) is 12.8 Å². The highest BCUT2D eigenvalue weighted by atomic mass is 16.4. The molecule has 0 fully saturated rings. The summed E-state index contributed by atoms with van der Waals surface area (Å²) in [5.74, 6) is -1.69. The highest BCUT2D eigenvalue weighted by Gasteiger charge is 2.19. The van der Waals surface area contributed by atoms with Crippen LogP contribution in [0.1, 0.15) is 26.2 Å². The molecule has 0 aliphatic heterocycles. The molecule has 8 nitrogen and oxygen atoms in total. The molecule has 0 aromatic carbocycles. The lowest BCUT2D eigenvalue weighted by molar-refractivity contribution is -0.142. The molecule has 0 radical (unpaired) electrons. The summed E-state index contributed by atoms with van der Waals surface area (Å²) >= 11 is 0. The van der Waals surface area contributed by atoms with E-state index in [0.717, 1.165) is 15.6 Å². The van der Waals surface area contributed by atoms with Gasteiger partial charge in [-0.25, -0.2) is 9.59 Å². The molecule has 0 saturated carbocycles. The van der Waals surface area contributed by atoms with Crippen LogP contribution in [0.3, 0.4) is 0 Å². The third-order valence-corrected chi connectivity index (χ3v) is 3.05. The van der Waals surface area contributed by atoms with E-state index in [-0.39, 0.29) is 6.54 Å². The van der Waals surface area contributed by atoms with Crippen molar-refractivity contribution in [1.82, 2.24) is 14.5 Å². The Hall–Kier alpha value is -2.38. The Morgan fingerprint density at radius 3 is 2.62 bits per heavy atom. The third kappa shape index (κ3) is 4.59. The zero-order valence-electron chi connectivity index (χ0n) is 12.0. The van der Waals surface area contributed by atoms with Gasteiger partial charge in [0.15, 0.2) is 0 Å². The molecule has 2 N–H and O–H groups in total. The van der Waals surface area contributed by atoms with Gasteiger partial charge in [0.2, 0.25) is 5.91 Å². The van der Waals surface area contributed by atoms with Gasteiger partial charge in [-0.15, -0.1) is 0 Å². The number of aliphatic carboxylic acids is 1. The molecule has 1 rings (SSSR count). The number of aromatic nitrogens is 2. The van der Waals surface area contributed by atoms with Gasteiger partial charge in [-0.2, -0.15) is 0 Å². The monoisotopic (exact) mass is 297 g/mol. The lowest BCUT2D eigenvalue weighted by Crippen LogP contribution is -2.45. The molecule has 116 valence electrons. The molecule has 1 aromatic heterocycles. The number of nitrogens with one attached hydrogen (secondary N) is 1. The fourth-order valence-electron chi connectivity index (χ4n) is 1.80. The lowest BCUT2D eigenvalue weighted by Gasteiger charge is -2.14. The number of carboxylic acid groups (broad SMARTS) is 1. The number of nitrogens with zero attached hydrogens (tertiary/aromatic N) is 2. The van der Waals surface area contributed by atoms with E-state index in [1.54, 1.807) is 0 Å². The molecule has 21 heavy (non-hydrogen) atoms. The normalized spacial score (nSPS) is 11.9. The van der Waals surface area contributed by atoms with Crippen molar-refractivity contribution in [2.45, 2.75) is 38.8 Å². The van der Waals surface area contributed by atoms with Crippen LogP contribution in [0.2, 0.25) is 0 Å². The van der Waals surface area contributed by atoms with Crippen LogP contribution in [-0.4, -0.2) is 32.2 Å². The van der Waals surface area contributed by atoms with Crippen LogP contribution in [0.5, 0.6) is 0 Å². The Bertz CT molecular complexity index is 631. The first-order chi connectivity index (χ1) is 9.86. The van der Waals surface area contributed by atoms with Crippen LogP contribution < -0.4 is 16.6 Å². The summed E-state index contributed by atoms with van der Waals surface area (Å²) in [5.41, 5.74) is -1.10. The average molecular weight is 297 g/mol. The molecular weight excluding hydrogens is 278 g/mol. The first-order valence-corrected chi connectivity index (χ1v) is 6.65. The summed E-state index contributed by atoms with van der Waals surface area (Å²) in [4.78, 5) is 45.8. The Labute approximate surface area is 121 Å². The third-order valence-electron chi connectivity index (χ3n) is 3.05. The van der Waals surface area contributed by atoms with E-state index in [4.69, 9.17) is 5.11 Å². The van der Waals surface area contributed by atoms with Crippen molar-refractivity contribution >= 4 is 11.9 Å². The first-order valence-electron chi connectivity index (χ1n) is 6.65. The Morgan fingerprint density at radius 1 is 1.38 bits per heavy atom. The van der Waals surface area contributed by atoms with Gasteiger partial charge in [-0.1, -0.05) is 19.8 Å². The number of hydrogen-bond donors (Lipinski definition) is 2. The summed E-state index contributed by atoms with van der Waals surface area (Å²) in [6, 6.07) is 0.196. The zero-order valence-corrected chi connectivity index (χ0v) is 12.0. The fourth-order valence-corrected chi connectivity index (χ4v) is 1.80. The second-order valence-electron chi connectivity index (χ2n) is 4.72. The summed E-state index contributed by atoms with van der Waals surface area (Å²) in [7, 11) is 1.31. The van der Waals surface area contributed by atoms with E-state index >= 15 is 0 Å². The minimum Gasteiger partial charge on any atom is -0.480 e. The van der Waals surface area contributed by atoms with Gasteiger partial charge in [-0.05, 0) is 6.42 Å². The molecule has 0 saturated heterocycles. The number of carbonyl (C=O) groups is 2. The highest BCUT2D eigenvalue weighted by Crippen LogP contribution is 2.01. The molecule has 0 aliphatic carbocycles. The molecule has 1 amide bonds. The molecular formula is C13H19N3O5. The number of carboxylic acids is 1. The maximum absolute atomic E-state index is 11.8. The second-order valence-corrected chi connectivity index (χ2v) is 4.72. The van der Waals surface area contributed by atoms with Crippen molar-refractivity contribution in [3.05, 3.63) is 33.1 Å². The molecule has 1 heterocycles. The maximum Gasteiger partial charge on any atom is 0.331 e. The standard InChI is InChI=1S/C13H19N3O5/c1-3-4-5-9(12(19)20)14-10(17)8-16-7-6-11(18)15(2)13(16)21/h6-7,9H,3-5,8H2,1-2H3,(H,14,17)(H,19,20). The lowest BCUT2D eigenvalue weighted by atomic mass is 10.1. The van der Waals surface area contributed by atoms with Crippen LogP contribution in [0.4, 0.5) is 0 Å². The van der Waals surface area contributed by atoms with Crippen molar-refractivity contribution in [2.24, 2.45) is 7.05 Å². The Kier molecular flexibility index (Phi) is 5.89. The second kappa shape index (κ2) is 7.41. The van der Waals surface area contributed by atoms with Crippen LogP contribution in [0.25, 0.3) is 0 Å². The van der Waals surface area contributed by atoms with Gasteiger partial charge >= 0.3 is 11.7 Å². The van der Waals surface area contributed by atoms with Crippen molar-refractivity contribution in [3.8, 4) is 0 Å². The van der Waals surface area contributed by atoms with E-state index in [9.17, 15) is 19.2 Å². The Morgan fingerprint density at radius 2 is 2.05 bits per heavy atom. The average Bonchev–Trinajstić information content (AvgIpc) is 2.43. The largest absolute Gasteiger partial charge is 0.480 e. The summed E-state index contributed by atoms with van der Waals surface area (Å²) in [6.07, 6.45) is 3.04. The van der Waals surface area contributed by atoms with Crippen LogP contribution in [0, 0.1) is 0 Å². The summed E-state index contributed by atoms with van der Waals surface area (Å²) < 4.78 is 1.93. The van der Waals surface area contributed by atoms with Gasteiger partial charge in [0.1, 0.15) is 12.6 Å². The van der Waals surface area contributed by atoms with Gasteiger partial charge in [0.05, 0.1) is 0 Å². The van der Waals surface area contributed by atoms with E-state index in [1.165, 1.54) is 19.3 Å². The van der Waals surface area contributed by atoms with Crippen LogP contribution in [0.15, 0.2) is 21.9 Å². The van der Waals surface area contributed by atoms with Gasteiger partial charge in [-0.3, -0.25) is 18.7 Å². The van der Waals surface area contributed by atoms with Crippen molar-refractivity contribution in [2.75, 3.05) is 0 Å². The summed E-state index contributed by atoms with van der Waals surface area (Å²) in [5, 5.41) is 11.4. The van der Waals surface area contributed by atoms with Crippen LogP contribution >= 0.6 is 0 Å². The quantitative estimate of drug-likeness (QED) is 0.692. The van der Waals surface area contributed by atoms with E-state index in [1.807, 2.05) is 6.92 Å². The zero-order chi connectivity index (χ0) is 16.0. The summed E-state index contributed by atoms with van der Waals surface area (Å²) in [6.45, 7) is 1.59. The van der Waals surface area contributed by atoms with Gasteiger partial charge < -0.3 is 10.4 Å². The molecule has 1 unspecified atom stereocenters. The van der Waals surface area contributed by atoms with Gasteiger partial charge in [0.25, 0.3) is 5.56 Å². The topological polar surface area (TPSA) is 110 Å². The number of carbonyl (C=O) groups excluding carboxylic acids is 1. The van der Waals surface area contributed by atoms with E-state index < -0.39 is 29.2 Å². The van der Waals surface area contributed by atoms with Crippen molar-refractivity contribution in [3.63, 3.8) is 0 Å².